The van der Waals surface area contributed by atoms with Crippen molar-refractivity contribution in [1.29, 1.82) is 0 Å². The molecule has 0 saturated carbocycles. The predicted molar refractivity (Wildman–Crippen MR) is 196 cm³/mol. The summed E-state index contributed by atoms with van der Waals surface area (Å²) in [6.07, 6.45) is 3.35. The molecule has 1 amide bonds. The van der Waals surface area contributed by atoms with Gasteiger partial charge in [0.2, 0.25) is 5.95 Å². The third-order valence-corrected chi connectivity index (χ3v) is 12.0. The largest absolute Gasteiger partial charge is 0.445 e. The number of piperidine rings is 1. The van der Waals surface area contributed by atoms with Gasteiger partial charge in [-0.25, -0.2) is 9.18 Å². The number of aryl methyl sites for hydroxylation is 1. The van der Waals surface area contributed by atoms with Crippen LogP contribution in [0.1, 0.15) is 24.8 Å². The lowest BCUT2D eigenvalue weighted by Gasteiger charge is -2.42. The number of fused-ring (bicyclic) bond motifs is 4. The molecule has 2 bridgehead atoms. The molecule has 11 nitrogen and oxygen atoms in total. The number of amides is 1. The van der Waals surface area contributed by atoms with Crippen molar-refractivity contribution >= 4 is 53.7 Å². The van der Waals surface area contributed by atoms with Gasteiger partial charge in [0.1, 0.15) is 19.5 Å². The number of carbonyl (C=O) groups excluding carboxylic acids is 1. The molecule has 2 aliphatic rings. The number of halogens is 2. The minimum Gasteiger partial charge on any atom is -0.445 e. The quantitative estimate of drug-likeness (QED) is 0.128. The number of aromatic nitrogens is 5. The van der Waals surface area contributed by atoms with E-state index < -0.39 is 32.4 Å². The molecule has 50 heavy (non-hydrogen) atoms. The first kappa shape index (κ1) is 34.3. The van der Waals surface area contributed by atoms with Gasteiger partial charge in [0.15, 0.2) is 5.65 Å². The average molecular weight is 720 g/mol. The van der Waals surface area contributed by atoms with Crippen molar-refractivity contribution in [2.24, 2.45) is 14.1 Å². The van der Waals surface area contributed by atoms with Crippen LogP contribution in [0.25, 0.3) is 33.1 Å². The lowest BCUT2D eigenvalue weighted by molar-refractivity contribution is 0.0899. The molecular weight excluding hydrogens is 677 g/mol. The molecule has 14 heteroatoms. The van der Waals surface area contributed by atoms with Gasteiger partial charge in [-0.05, 0) is 36.9 Å². The van der Waals surface area contributed by atoms with Gasteiger partial charge in [-0.3, -0.25) is 14.0 Å². The maximum absolute atomic E-state index is 16.3. The van der Waals surface area contributed by atoms with E-state index in [4.69, 9.17) is 26.1 Å². The van der Waals surface area contributed by atoms with Crippen LogP contribution < -0.4 is 15.8 Å². The molecule has 5 heterocycles. The van der Waals surface area contributed by atoms with Crippen LogP contribution in [0.15, 0.2) is 59.7 Å². The summed E-state index contributed by atoms with van der Waals surface area (Å²) in [5.41, 5.74) is 3.14. The predicted octanol–water partition coefficient (Wildman–Crippen LogP) is 6.63. The summed E-state index contributed by atoms with van der Waals surface area (Å²) in [6, 6.07) is 12.7. The van der Waals surface area contributed by atoms with Gasteiger partial charge < -0.3 is 24.3 Å². The standard InChI is InChI=1S/C36H43ClFN7O4Si/c1-42-18-26-27(41-42)13-12-24(31(26)37)25-19-44(21-48-15-16-50(3,4)5)33-30(25)34(46)43(2)35(40-33)45-23-11-14-29(45)32(38)28(17-23)39-36(47)49-20-22-9-7-6-8-10-22/h6-10,12-13,18-19,23,28-29,32H,11,14-17,20-21H2,1-5H3,(H,39,47)/t23-,28-,29+,32-/m1/s1. The van der Waals surface area contributed by atoms with Crippen LogP contribution in [0.2, 0.25) is 30.7 Å². The molecule has 2 aromatic carbocycles. The molecule has 0 aliphatic carbocycles. The highest BCUT2D eigenvalue weighted by atomic mass is 35.5. The van der Waals surface area contributed by atoms with Crippen LogP contribution in [0.4, 0.5) is 15.1 Å². The number of nitrogens with one attached hydrogen (secondary N) is 1. The number of benzene rings is 2. The second-order valence-electron chi connectivity index (χ2n) is 14.7. The highest BCUT2D eigenvalue weighted by Crippen LogP contribution is 2.42. The molecule has 0 spiro atoms. The van der Waals surface area contributed by atoms with E-state index in [1.165, 1.54) is 4.57 Å². The first-order valence-corrected chi connectivity index (χ1v) is 21.2. The van der Waals surface area contributed by atoms with Crippen molar-refractivity contribution in [2.45, 2.75) is 82.6 Å². The Balaban J connectivity index is 1.21. The Labute approximate surface area is 295 Å². The maximum Gasteiger partial charge on any atom is 0.407 e. The Morgan fingerprint density at radius 3 is 2.62 bits per heavy atom. The van der Waals surface area contributed by atoms with Crippen molar-refractivity contribution in [3.63, 3.8) is 0 Å². The molecule has 2 saturated heterocycles. The van der Waals surface area contributed by atoms with Crippen LogP contribution in [-0.4, -0.2) is 69.0 Å². The maximum atomic E-state index is 16.3. The van der Waals surface area contributed by atoms with Crippen molar-refractivity contribution < 1.29 is 18.7 Å². The summed E-state index contributed by atoms with van der Waals surface area (Å²) in [5, 5.41) is 8.94. The number of nitrogens with zero attached hydrogens (tertiary/aromatic N) is 6. The van der Waals surface area contributed by atoms with E-state index in [0.29, 0.717) is 59.0 Å². The fourth-order valence-corrected chi connectivity index (χ4v) is 8.35. The molecule has 264 valence electrons. The number of alkyl carbamates (subject to hydrolysis) is 1. The Kier molecular flexibility index (Phi) is 9.25. The average Bonchev–Trinajstić information content (AvgIpc) is 3.75. The van der Waals surface area contributed by atoms with E-state index in [2.05, 4.69) is 30.1 Å². The van der Waals surface area contributed by atoms with E-state index in [1.807, 2.05) is 71.4 Å². The van der Waals surface area contributed by atoms with E-state index in [9.17, 15) is 9.59 Å². The summed E-state index contributed by atoms with van der Waals surface area (Å²) in [6.45, 7) is 7.79. The van der Waals surface area contributed by atoms with Gasteiger partial charge in [-0.1, -0.05) is 67.6 Å². The van der Waals surface area contributed by atoms with Crippen LogP contribution in [0.5, 0.6) is 0 Å². The minimum absolute atomic E-state index is 0.103. The number of rotatable bonds is 10. The third kappa shape index (κ3) is 6.53. The highest BCUT2D eigenvalue weighted by molar-refractivity contribution is 6.76. The zero-order chi connectivity index (χ0) is 35.3. The van der Waals surface area contributed by atoms with E-state index in [0.717, 1.165) is 22.5 Å². The van der Waals surface area contributed by atoms with Gasteiger partial charge in [0.25, 0.3) is 5.56 Å². The summed E-state index contributed by atoms with van der Waals surface area (Å²) in [7, 11) is 2.19. The molecule has 2 aliphatic heterocycles. The normalized spacial score (nSPS) is 20.6. The van der Waals surface area contributed by atoms with Gasteiger partial charge in [-0.2, -0.15) is 10.1 Å². The first-order valence-electron chi connectivity index (χ1n) is 17.1. The molecule has 0 radical (unpaired) electrons. The van der Waals surface area contributed by atoms with Gasteiger partial charge in [-0.15, -0.1) is 0 Å². The van der Waals surface area contributed by atoms with Gasteiger partial charge in [0, 0.05) is 63.7 Å². The van der Waals surface area contributed by atoms with Gasteiger partial charge in [0.05, 0.1) is 28.0 Å². The highest BCUT2D eigenvalue weighted by Gasteiger charge is 2.50. The number of hydrogen-bond acceptors (Lipinski definition) is 7. The van der Waals surface area contributed by atoms with E-state index in [1.54, 1.807) is 11.7 Å². The van der Waals surface area contributed by atoms with Crippen molar-refractivity contribution in [2.75, 3.05) is 11.5 Å². The second kappa shape index (κ2) is 13.5. The number of alkyl halides is 1. The Bertz CT molecular complexity index is 2110. The fraction of sp³-hybridized carbons (Fsp3) is 0.444. The molecule has 5 aromatic rings. The van der Waals surface area contributed by atoms with Crippen LogP contribution in [0, 0.1) is 0 Å². The molecule has 2 fully saturated rings. The molecule has 0 unspecified atom stereocenters. The molecule has 3 aromatic heterocycles. The van der Waals surface area contributed by atoms with Crippen LogP contribution in [-0.2, 0) is 36.9 Å². The van der Waals surface area contributed by atoms with Crippen molar-refractivity contribution in [3.05, 3.63) is 75.8 Å². The molecule has 7 rings (SSSR count). The lowest BCUT2D eigenvalue weighted by atomic mass is 9.95. The second-order valence-corrected chi connectivity index (χ2v) is 20.7. The molecule has 1 N–H and O–H groups in total. The third-order valence-electron chi connectivity index (χ3n) is 9.90. The molecule has 4 atom stereocenters. The molecular formula is C36H43ClFN7O4Si. The smallest absolute Gasteiger partial charge is 0.407 e. The van der Waals surface area contributed by atoms with Crippen molar-refractivity contribution in [3.8, 4) is 11.1 Å². The van der Waals surface area contributed by atoms with Crippen LogP contribution >= 0.6 is 11.6 Å². The fourth-order valence-electron chi connectivity index (χ4n) is 7.28. The van der Waals surface area contributed by atoms with Crippen LogP contribution in [0.3, 0.4) is 0 Å². The van der Waals surface area contributed by atoms with E-state index in [-0.39, 0.29) is 24.9 Å². The monoisotopic (exact) mass is 719 g/mol. The number of ether oxygens (including phenoxy) is 2. The zero-order valence-corrected chi connectivity index (χ0v) is 30.8. The first-order chi connectivity index (χ1) is 23.9. The lowest BCUT2D eigenvalue weighted by Crippen LogP contribution is -2.59. The summed E-state index contributed by atoms with van der Waals surface area (Å²) < 4.78 is 32.9. The Morgan fingerprint density at radius 1 is 1.08 bits per heavy atom. The summed E-state index contributed by atoms with van der Waals surface area (Å²) in [4.78, 5) is 34.1. The number of carbonyl (C=O) groups is 1. The number of anilines is 1. The Hall–Kier alpha value is -4.20. The minimum atomic E-state index is -1.39. The van der Waals surface area contributed by atoms with Crippen molar-refractivity contribution in [1.82, 2.24) is 29.2 Å². The topological polar surface area (TPSA) is 108 Å². The van der Waals surface area contributed by atoms with E-state index >= 15 is 4.39 Å². The Morgan fingerprint density at radius 2 is 1.86 bits per heavy atom. The zero-order valence-electron chi connectivity index (χ0n) is 29.0. The summed E-state index contributed by atoms with van der Waals surface area (Å²) >= 11 is 6.98. The van der Waals surface area contributed by atoms with Gasteiger partial charge >= 0.3 is 6.09 Å². The number of hydrogen-bond donors (Lipinski definition) is 1. The SMILES string of the molecule is Cn1cc2c(Cl)c(-c3cn(COCC[Si](C)(C)C)c4nc(N5[C@@H]6CC[C@H]5[C@H](F)[C@H](NC(=O)OCc5ccccc5)C6)n(C)c(=O)c34)ccc2n1. The summed E-state index contributed by atoms with van der Waals surface area (Å²) in [5.74, 6) is 0.393.